The van der Waals surface area contributed by atoms with Crippen molar-refractivity contribution >= 4 is 58.8 Å². The van der Waals surface area contributed by atoms with Crippen LogP contribution in [0.3, 0.4) is 0 Å². The van der Waals surface area contributed by atoms with E-state index in [-0.39, 0.29) is 55.5 Å². The summed E-state index contributed by atoms with van der Waals surface area (Å²) in [4.78, 5) is 55.6. The number of aliphatic hydroxyl groups excluding tert-OH is 1. The third kappa shape index (κ3) is 73.0. The number of aliphatic hydroxyl groups is 1. The molecule has 80 heavy (non-hydrogen) atoms. The van der Waals surface area contributed by atoms with Crippen molar-refractivity contribution in [2.45, 2.75) is 136 Å². The van der Waals surface area contributed by atoms with Gasteiger partial charge in [-0.1, -0.05) is 135 Å². The third-order valence-corrected chi connectivity index (χ3v) is 9.64. The first kappa shape index (κ1) is 79.5. The Kier molecular flexibility index (Phi) is 64.1. The average Bonchev–Trinajstić information content (AvgIpc) is 3.40. The van der Waals surface area contributed by atoms with Crippen LogP contribution in [0.5, 0.6) is 0 Å². The largest absolute Gasteiger partial charge is 0.454 e. The number of aliphatic imine (C=N–C) groups is 2. The molecule has 0 heterocycles. The van der Waals surface area contributed by atoms with Gasteiger partial charge in [0, 0.05) is 72.3 Å². The minimum Gasteiger partial charge on any atom is -0.454 e. The lowest BCUT2D eigenvalue weighted by atomic mass is 10.2. The molecule has 0 saturated heterocycles. The molecule has 14 N–H and O–H groups in total. The van der Waals surface area contributed by atoms with Crippen LogP contribution >= 0.6 is 11.6 Å². The predicted octanol–water partition coefficient (Wildman–Crippen LogP) is 9.83. The number of alkyl carbamates (subject to hydrolysis) is 1. The maximum absolute atomic E-state index is 11.9. The molecule has 0 atom stereocenters. The molecule has 0 aliphatic heterocycles. The van der Waals surface area contributed by atoms with Crippen molar-refractivity contribution in [1.29, 1.82) is 10.8 Å². The van der Waals surface area contributed by atoms with Crippen LogP contribution in [0, 0.1) is 10.8 Å². The van der Waals surface area contributed by atoms with Crippen LogP contribution in [0.1, 0.15) is 136 Å². The van der Waals surface area contributed by atoms with Crippen molar-refractivity contribution in [1.82, 2.24) is 25.8 Å². The molecular formula is C59H102ClN13O7. The summed E-state index contributed by atoms with van der Waals surface area (Å²) in [7, 11) is 6.72. The Bertz CT molecular complexity index is 1970. The summed E-state index contributed by atoms with van der Waals surface area (Å²) < 4.78 is 9.54. The summed E-state index contributed by atoms with van der Waals surface area (Å²) in [5, 5.41) is 30.0. The number of carbonyl (C=O) groups is 4. The van der Waals surface area contributed by atoms with Gasteiger partial charge in [0.2, 0.25) is 29.7 Å². The van der Waals surface area contributed by atoms with Gasteiger partial charge in [0.1, 0.15) is 0 Å². The molecule has 0 radical (unpaired) electrons. The predicted molar refractivity (Wildman–Crippen MR) is 335 cm³/mol. The maximum atomic E-state index is 11.9. The van der Waals surface area contributed by atoms with Gasteiger partial charge in [-0.05, 0) is 116 Å². The Balaban J connectivity index is -0.000000590. The van der Waals surface area contributed by atoms with E-state index in [0.29, 0.717) is 45.3 Å². The van der Waals surface area contributed by atoms with Crippen LogP contribution in [-0.4, -0.2) is 130 Å². The molecule has 0 aliphatic carbocycles. The number of halogens is 1. The lowest BCUT2D eigenvalue weighted by Crippen LogP contribution is -2.39. The van der Waals surface area contributed by atoms with E-state index in [2.05, 4.69) is 166 Å². The van der Waals surface area contributed by atoms with Gasteiger partial charge in [0.05, 0.1) is 13.2 Å². The highest BCUT2D eigenvalue weighted by Gasteiger charge is 2.06. The number of nitrogens with zero attached hydrogens (tertiary/aromatic N) is 4. The van der Waals surface area contributed by atoms with E-state index in [0.717, 1.165) is 96.3 Å². The van der Waals surface area contributed by atoms with Gasteiger partial charge >= 0.3 is 11.5 Å². The molecular weight excluding hydrogens is 1040 g/mol. The first-order valence-corrected chi connectivity index (χ1v) is 27.9. The molecule has 0 spiro atoms. The first-order chi connectivity index (χ1) is 38.5. The highest BCUT2D eigenvalue weighted by molar-refractivity contribution is 6.61. The molecule has 20 nitrogen and oxygen atoms in total. The quantitative estimate of drug-likeness (QED) is 0.00919. The molecule has 0 aliphatic rings. The van der Waals surface area contributed by atoms with Gasteiger partial charge in [0.25, 0.3) is 0 Å². The van der Waals surface area contributed by atoms with Crippen molar-refractivity contribution in [3.8, 4) is 0 Å². The number of ether oxygens (including phenoxy) is 2. The summed E-state index contributed by atoms with van der Waals surface area (Å²) in [6.07, 6.45) is 58.6. The minimum atomic E-state index is -0.812. The van der Waals surface area contributed by atoms with Gasteiger partial charge in [-0.3, -0.25) is 25.7 Å². The molecule has 452 valence electrons. The van der Waals surface area contributed by atoms with Crippen LogP contribution in [0.2, 0.25) is 0 Å². The monoisotopic (exact) mass is 1140 g/mol. The fraction of sp³-hybridized carbons (Fsp3) is 0.525. The van der Waals surface area contributed by atoms with Gasteiger partial charge in [0.15, 0.2) is 5.96 Å². The van der Waals surface area contributed by atoms with Gasteiger partial charge < -0.3 is 57.9 Å². The smallest absolute Gasteiger partial charge is 0.413 e. The van der Waals surface area contributed by atoms with Crippen molar-refractivity contribution in [2.24, 2.45) is 32.9 Å². The van der Waals surface area contributed by atoms with Gasteiger partial charge in [-0.2, -0.15) is 9.98 Å². The Labute approximate surface area is 485 Å². The van der Waals surface area contributed by atoms with Gasteiger partial charge in [-0.15, -0.1) is 0 Å². The number of rotatable bonds is 36. The van der Waals surface area contributed by atoms with Gasteiger partial charge in [-0.25, -0.2) is 9.59 Å². The minimum absolute atomic E-state index is 0.0182. The molecule has 0 rings (SSSR count). The van der Waals surface area contributed by atoms with Crippen LogP contribution < -0.4 is 38.9 Å². The molecule has 0 aromatic heterocycles. The normalized spacial score (nSPS) is 11.9. The van der Waals surface area contributed by atoms with E-state index in [9.17, 15) is 19.2 Å². The van der Waals surface area contributed by atoms with E-state index in [1.807, 2.05) is 0 Å². The van der Waals surface area contributed by atoms with E-state index in [1.54, 1.807) is 33.1 Å². The lowest BCUT2D eigenvalue weighted by molar-refractivity contribution is -0.122. The summed E-state index contributed by atoms with van der Waals surface area (Å²) >= 11 is 5.04. The number of amides is 3. The maximum Gasteiger partial charge on any atom is 0.413 e. The van der Waals surface area contributed by atoms with Crippen molar-refractivity contribution < 1.29 is 33.8 Å². The summed E-state index contributed by atoms with van der Waals surface area (Å²) in [6.45, 7) is 6.36. The lowest BCUT2D eigenvalue weighted by Gasteiger charge is -2.10. The van der Waals surface area contributed by atoms with Crippen LogP contribution in [0.25, 0.3) is 0 Å². The number of unbranched alkanes of at least 4 members (excludes halogenated alkanes) is 2. The number of nitrogens with one attached hydrogen (secondary N) is 5. The average molecular weight is 1140 g/mol. The number of allylic oxidation sites excluding steroid dienone is 20. The zero-order valence-electron chi connectivity index (χ0n) is 49.1. The first-order valence-electron chi connectivity index (χ1n) is 27.5. The second kappa shape index (κ2) is 64.5. The van der Waals surface area contributed by atoms with E-state index < -0.39 is 11.5 Å². The fourth-order valence-corrected chi connectivity index (χ4v) is 5.37. The molecule has 0 bridgehead atoms. The van der Waals surface area contributed by atoms with E-state index >= 15 is 0 Å². The summed E-state index contributed by atoms with van der Waals surface area (Å²) in [6, 6.07) is 0. The topological polar surface area (TPSA) is 326 Å². The highest BCUT2D eigenvalue weighted by Crippen LogP contribution is 2.02. The van der Waals surface area contributed by atoms with Crippen LogP contribution in [0.15, 0.2) is 132 Å². The molecule has 21 heteroatoms. The molecule has 0 unspecified atom stereocenters. The van der Waals surface area contributed by atoms with Crippen molar-refractivity contribution in [2.75, 3.05) is 67.6 Å². The second-order valence-corrected chi connectivity index (χ2v) is 17.6. The number of carbonyl (C=O) groups excluding carboxylic acids is 4. The summed E-state index contributed by atoms with van der Waals surface area (Å²) in [5.41, 5.74) is 19.9. The van der Waals surface area contributed by atoms with Crippen LogP contribution in [-0.2, 0) is 19.1 Å². The Hall–Kier alpha value is -7.03. The molecule has 0 aromatic rings. The highest BCUT2D eigenvalue weighted by atomic mass is 35.5. The molecule has 0 aromatic carbocycles. The number of hydrogen-bond donors (Lipinski definition) is 10. The fourth-order valence-electron chi connectivity index (χ4n) is 5.29. The zero-order chi connectivity index (χ0) is 60.5. The Morgan fingerprint density at radius 3 is 1.19 bits per heavy atom. The van der Waals surface area contributed by atoms with Crippen molar-refractivity contribution in [3.63, 3.8) is 0 Å². The van der Waals surface area contributed by atoms with E-state index in [4.69, 9.17) is 55.2 Å². The molecule has 0 saturated carbocycles. The Morgan fingerprint density at radius 1 is 0.537 bits per heavy atom. The number of nitrogens with two attached hydrogens (primary N) is 4. The van der Waals surface area contributed by atoms with E-state index in [1.165, 1.54) is 4.90 Å². The number of hydrogen-bond acceptors (Lipinski definition) is 10. The summed E-state index contributed by atoms with van der Waals surface area (Å²) in [5.74, 6) is -0.347. The van der Waals surface area contributed by atoms with Crippen molar-refractivity contribution in [3.05, 3.63) is 122 Å². The number of guanidine groups is 4. The van der Waals surface area contributed by atoms with Crippen LogP contribution in [0.4, 0.5) is 9.59 Å². The molecule has 0 fully saturated rings. The second-order valence-electron chi connectivity index (χ2n) is 17.3. The third-order valence-electron chi connectivity index (χ3n) is 9.54. The SMILES string of the molecule is CC/C=C\C/C=C\C/C=C\C/C=C\C/C=C\CCCC(=O)NCCCOC(=O)Cl.CC/C=C\C/C=C\C/C=C\C/C=C\C/C=C\CCCC(=O)NCCCOC(=O)NC(N)=NC(=N)N(C)C.CN(C)C(N)=NC(=N)N.NCCCO. The zero-order valence-corrected chi connectivity index (χ0v) is 49.9. The molecule has 3 amide bonds. The standard InChI is InChI=1S/C28H46N6O3.C24H36ClNO3.C4H11N5.C3H9NO/c1-4-5-6-7-8-9-10-11-12-13-14-15-16-17-18-19-20-22-25(35)31-23-21-24-37-28(36)33-26(29)32-27(30)34(2)3;1-2-3-4-5-6-7-8-9-10-11-12-13-14-15-16-17-18-20-23(27)26-21-19-22-29-24(25)28;1-9(2)4(7)8-3(5)6;4-2-1-3-5/h5-6,8-9,11-12,14-15,17-18H,4,7,10,13,16,19-24H2,1-3H3,(H,31,35)(H4,29,30,32,33,36);3-4,6-7,9-10,12-13,15-16H,2,5,8,11,14,17-22H2,1H3,(H,26,27);1-2H3,(H5,5,6,7,8);5H,1-4H2/b6-5-,9-8-,12-11-,15-14-,18-17-;4-3-,7-6-,10-9-,13-12-,16-15-;;. The Morgan fingerprint density at radius 2 is 0.900 bits per heavy atom.